The Kier molecular flexibility index (Phi) is 4.57. The molecule has 1 unspecified atom stereocenters. The van der Waals surface area contributed by atoms with Crippen molar-refractivity contribution in [2.45, 2.75) is 19.5 Å². The molecule has 0 saturated heterocycles. The molecule has 0 amide bonds. The van der Waals surface area contributed by atoms with Crippen LogP contribution in [0.2, 0.25) is 5.02 Å². The molecule has 0 heterocycles. The summed E-state index contributed by atoms with van der Waals surface area (Å²) in [5.41, 5.74) is 0.874. The fourth-order valence-corrected chi connectivity index (χ4v) is 1.62. The number of hydrogen-bond acceptors (Lipinski definition) is 2. The van der Waals surface area contributed by atoms with E-state index in [1.54, 1.807) is 13.0 Å². The number of rotatable bonds is 4. The molecule has 0 aliphatic heterocycles. The van der Waals surface area contributed by atoms with Crippen molar-refractivity contribution >= 4 is 33.5 Å². The highest BCUT2D eigenvalue weighted by molar-refractivity contribution is 9.10. The van der Waals surface area contributed by atoms with Crippen molar-refractivity contribution in [3.63, 3.8) is 0 Å². The SMILES string of the molecule is CC(NCc1cc(Br)ccc1Cl)C(=O)O. The molecule has 3 nitrogen and oxygen atoms in total. The summed E-state index contributed by atoms with van der Waals surface area (Å²) < 4.78 is 0.923. The average molecular weight is 293 g/mol. The molecule has 1 atom stereocenters. The van der Waals surface area contributed by atoms with Crippen molar-refractivity contribution in [2.75, 3.05) is 0 Å². The molecule has 5 heteroatoms. The quantitative estimate of drug-likeness (QED) is 0.897. The highest BCUT2D eigenvalue weighted by Crippen LogP contribution is 2.20. The average Bonchev–Trinajstić information content (AvgIpc) is 2.18. The van der Waals surface area contributed by atoms with E-state index in [-0.39, 0.29) is 0 Å². The molecule has 0 bridgehead atoms. The highest BCUT2D eigenvalue weighted by Gasteiger charge is 2.10. The Morgan fingerprint density at radius 1 is 1.67 bits per heavy atom. The minimum absolute atomic E-state index is 0.436. The summed E-state index contributed by atoms with van der Waals surface area (Å²) in [6.07, 6.45) is 0. The predicted octanol–water partition coefficient (Wildman–Crippen LogP) is 2.67. The van der Waals surface area contributed by atoms with Crippen molar-refractivity contribution in [3.05, 3.63) is 33.3 Å². The van der Waals surface area contributed by atoms with Crippen molar-refractivity contribution in [1.29, 1.82) is 0 Å². The third kappa shape index (κ3) is 3.81. The minimum atomic E-state index is -0.874. The fourth-order valence-electron chi connectivity index (χ4n) is 1.03. The number of benzene rings is 1. The van der Waals surface area contributed by atoms with Crippen molar-refractivity contribution in [1.82, 2.24) is 5.32 Å². The molecule has 1 aromatic rings. The summed E-state index contributed by atoms with van der Waals surface area (Å²) in [6.45, 7) is 2.03. The minimum Gasteiger partial charge on any atom is -0.480 e. The van der Waals surface area contributed by atoms with Gasteiger partial charge in [-0.3, -0.25) is 4.79 Å². The lowest BCUT2D eigenvalue weighted by Gasteiger charge is -2.10. The Hall–Kier alpha value is -0.580. The Bertz CT molecular complexity index is 370. The Labute approximate surface area is 102 Å². The molecule has 2 N–H and O–H groups in total. The molecule has 82 valence electrons. The number of aliphatic carboxylic acids is 1. The summed E-state index contributed by atoms with van der Waals surface area (Å²) in [7, 11) is 0. The van der Waals surface area contributed by atoms with Crippen molar-refractivity contribution in [3.8, 4) is 0 Å². The molecule has 0 aliphatic rings. The van der Waals surface area contributed by atoms with Gasteiger partial charge >= 0.3 is 5.97 Å². The smallest absolute Gasteiger partial charge is 0.320 e. The second kappa shape index (κ2) is 5.49. The zero-order valence-electron chi connectivity index (χ0n) is 8.13. The third-order valence-electron chi connectivity index (χ3n) is 1.98. The topological polar surface area (TPSA) is 49.3 Å². The van der Waals surface area contributed by atoms with Crippen LogP contribution in [-0.4, -0.2) is 17.1 Å². The lowest BCUT2D eigenvalue weighted by Crippen LogP contribution is -2.33. The number of carboxylic acids is 1. The second-order valence-corrected chi connectivity index (χ2v) is 4.50. The zero-order chi connectivity index (χ0) is 11.4. The summed E-state index contributed by atoms with van der Waals surface area (Å²) >= 11 is 9.28. The van der Waals surface area contributed by atoms with E-state index >= 15 is 0 Å². The van der Waals surface area contributed by atoms with Crippen LogP contribution in [0.15, 0.2) is 22.7 Å². The molecule has 1 rings (SSSR count). The van der Waals surface area contributed by atoms with E-state index in [1.807, 2.05) is 12.1 Å². The van der Waals surface area contributed by atoms with Gasteiger partial charge in [0.15, 0.2) is 0 Å². The number of hydrogen-bond donors (Lipinski definition) is 2. The van der Waals surface area contributed by atoms with E-state index in [4.69, 9.17) is 16.7 Å². The van der Waals surface area contributed by atoms with Gasteiger partial charge in [-0.1, -0.05) is 27.5 Å². The molecule has 1 aromatic carbocycles. The van der Waals surface area contributed by atoms with Gasteiger partial charge < -0.3 is 10.4 Å². The van der Waals surface area contributed by atoms with Gasteiger partial charge in [-0.05, 0) is 30.7 Å². The third-order valence-corrected chi connectivity index (χ3v) is 2.84. The Balaban J connectivity index is 2.65. The van der Waals surface area contributed by atoms with Gasteiger partial charge in [0.2, 0.25) is 0 Å². The maximum atomic E-state index is 10.6. The zero-order valence-corrected chi connectivity index (χ0v) is 10.5. The summed E-state index contributed by atoms with van der Waals surface area (Å²) in [4.78, 5) is 10.6. The second-order valence-electron chi connectivity index (χ2n) is 3.18. The van der Waals surface area contributed by atoms with Crippen LogP contribution in [0.5, 0.6) is 0 Å². The lowest BCUT2D eigenvalue weighted by atomic mass is 10.2. The first kappa shape index (κ1) is 12.5. The first-order valence-electron chi connectivity index (χ1n) is 4.41. The molecule has 0 aromatic heterocycles. The largest absolute Gasteiger partial charge is 0.480 e. The van der Waals surface area contributed by atoms with E-state index in [9.17, 15) is 4.79 Å². The van der Waals surface area contributed by atoms with E-state index in [2.05, 4.69) is 21.2 Å². The van der Waals surface area contributed by atoms with Gasteiger partial charge in [-0.25, -0.2) is 0 Å². The maximum Gasteiger partial charge on any atom is 0.320 e. The summed E-state index contributed by atoms with van der Waals surface area (Å²) in [5.74, 6) is -0.874. The standard InChI is InChI=1S/C10H11BrClNO2/c1-6(10(14)15)13-5-7-4-8(11)2-3-9(7)12/h2-4,6,13H,5H2,1H3,(H,14,15). The van der Waals surface area contributed by atoms with Crippen molar-refractivity contribution in [2.24, 2.45) is 0 Å². The van der Waals surface area contributed by atoms with Gasteiger partial charge in [0.05, 0.1) is 0 Å². The molecule has 0 radical (unpaired) electrons. The molecular formula is C10H11BrClNO2. The van der Waals surface area contributed by atoms with E-state index < -0.39 is 12.0 Å². The number of carboxylic acid groups (broad SMARTS) is 1. The predicted molar refractivity (Wildman–Crippen MR) is 63.1 cm³/mol. The van der Waals surface area contributed by atoms with E-state index in [1.165, 1.54) is 0 Å². The van der Waals surface area contributed by atoms with Crippen LogP contribution < -0.4 is 5.32 Å². The van der Waals surface area contributed by atoms with Gasteiger partial charge in [-0.2, -0.15) is 0 Å². The molecular weight excluding hydrogens is 281 g/mol. The first-order valence-corrected chi connectivity index (χ1v) is 5.58. The molecule has 0 aliphatic carbocycles. The number of nitrogens with one attached hydrogen (secondary N) is 1. The van der Waals surface area contributed by atoms with Crippen molar-refractivity contribution < 1.29 is 9.90 Å². The van der Waals surface area contributed by atoms with Gasteiger partial charge in [0, 0.05) is 16.0 Å². The lowest BCUT2D eigenvalue weighted by molar-refractivity contribution is -0.139. The van der Waals surface area contributed by atoms with Crippen LogP contribution in [0.1, 0.15) is 12.5 Å². The first-order chi connectivity index (χ1) is 7.00. The highest BCUT2D eigenvalue weighted by atomic mass is 79.9. The van der Waals surface area contributed by atoms with Gasteiger partial charge in [-0.15, -0.1) is 0 Å². The molecule has 0 saturated carbocycles. The van der Waals surface area contributed by atoms with E-state index in [0.29, 0.717) is 11.6 Å². The fraction of sp³-hybridized carbons (Fsp3) is 0.300. The van der Waals surface area contributed by atoms with Crippen LogP contribution in [0.4, 0.5) is 0 Å². The maximum absolute atomic E-state index is 10.6. The summed E-state index contributed by atoms with van der Waals surface area (Å²) in [6, 6.07) is 4.89. The molecule has 0 spiro atoms. The van der Waals surface area contributed by atoms with Crippen LogP contribution in [-0.2, 0) is 11.3 Å². The molecule has 15 heavy (non-hydrogen) atoms. The van der Waals surface area contributed by atoms with E-state index in [0.717, 1.165) is 10.0 Å². The van der Waals surface area contributed by atoms with Crippen LogP contribution in [0, 0.1) is 0 Å². The summed E-state index contributed by atoms with van der Waals surface area (Å²) in [5, 5.41) is 12.2. The van der Waals surface area contributed by atoms with Crippen LogP contribution in [0.3, 0.4) is 0 Å². The normalized spacial score (nSPS) is 12.5. The number of halogens is 2. The monoisotopic (exact) mass is 291 g/mol. The van der Waals surface area contributed by atoms with Crippen LogP contribution in [0.25, 0.3) is 0 Å². The Morgan fingerprint density at radius 2 is 2.33 bits per heavy atom. The molecule has 0 fully saturated rings. The van der Waals surface area contributed by atoms with Gasteiger partial charge in [0.25, 0.3) is 0 Å². The van der Waals surface area contributed by atoms with Crippen LogP contribution >= 0.6 is 27.5 Å². The van der Waals surface area contributed by atoms with Gasteiger partial charge in [0.1, 0.15) is 6.04 Å². The number of carbonyl (C=O) groups is 1. The Morgan fingerprint density at radius 3 is 2.93 bits per heavy atom.